The molecule has 1 aromatic heterocycles. The van der Waals surface area contributed by atoms with Crippen LogP contribution in [0.3, 0.4) is 0 Å². The van der Waals surface area contributed by atoms with E-state index in [1.54, 1.807) is 7.11 Å². The van der Waals surface area contributed by atoms with Crippen LogP contribution in [0.2, 0.25) is 0 Å². The summed E-state index contributed by atoms with van der Waals surface area (Å²) in [5.74, 6) is 2.90. The predicted molar refractivity (Wildman–Crippen MR) is 75.2 cm³/mol. The highest BCUT2D eigenvalue weighted by molar-refractivity contribution is 7.98. The fourth-order valence-corrected chi connectivity index (χ4v) is 2.00. The van der Waals surface area contributed by atoms with Crippen LogP contribution in [0.15, 0.2) is 30.5 Å². The first-order valence-corrected chi connectivity index (χ1v) is 6.90. The third-order valence-corrected chi connectivity index (χ3v) is 3.18. The van der Waals surface area contributed by atoms with Crippen LogP contribution >= 0.6 is 11.8 Å². The Morgan fingerprint density at radius 2 is 2.24 bits per heavy atom. The summed E-state index contributed by atoms with van der Waals surface area (Å²) in [7, 11) is 1.68. The molecule has 0 radical (unpaired) electrons. The lowest BCUT2D eigenvalue weighted by Crippen LogP contribution is -2.05. The van der Waals surface area contributed by atoms with Crippen molar-refractivity contribution in [1.29, 1.82) is 0 Å². The first-order chi connectivity index (χ1) is 8.35. The Morgan fingerprint density at radius 1 is 1.35 bits per heavy atom. The SMILES string of the molecule is COc1ccc2c(NCCSC)nccc2c1. The number of anilines is 1. The summed E-state index contributed by atoms with van der Waals surface area (Å²) in [6.07, 6.45) is 3.92. The van der Waals surface area contributed by atoms with Crippen molar-refractivity contribution >= 4 is 28.4 Å². The van der Waals surface area contributed by atoms with E-state index in [4.69, 9.17) is 4.74 Å². The summed E-state index contributed by atoms with van der Waals surface area (Å²) in [4.78, 5) is 4.37. The third kappa shape index (κ3) is 2.82. The number of thioether (sulfide) groups is 1. The predicted octanol–water partition coefficient (Wildman–Crippen LogP) is 3.02. The van der Waals surface area contributed by atoms with E-state index in [1.807, 2.05) is 42.2 Å². The molecule has 3 nitrogen and oxygen atoms in total. The molecule has 17 heavy (non-hydrogen) atoms. The number of benzene rings is 1. The highest BCUT2D eigenvalue weighted by atomic mass is 32.2. The van der Waals surface area contributed by atoms with E-state index < -0.39 is 0 Å². The van der Waals surface area contributed by atoms with Crippen molar-refractivity contribution in [3.05, 3.63) is 30.5 Å². The van der Waals surface area contributed by atoms with Crippen molar-refractivity contribution in [2.24, 2.45) is 0 Å². The average Bonchev–Trinajstić information content (AvgIpc) is 2.38. The fourth-order valence-electron chi connectivity index (χ4n) is 1.70. The van der Waals surface area contributed by atoms with Gasteiger partial charge in [0.2, 0.25) is 0 Å². The number of nitrogens with zero attached hydrogens (tertiary/aromatic N) is 1. The molecule has 1 aromatic carbocycles. The van der Waals surface area contributed by atoms with Gasteiger partial charge in [-0.15, -0.1) is 0 Å². The van der Waals surface area contributed by atoms with Crippen molar-refractivity contribution in [1.82, 2.24) is 4.98 Å². The van der Waals surface area contributed by atoms with Gasteiger partial charge in [0, 0.05) is 23.9 Å². The second kappa shape index (κ2) is 5.77. The van der Waals surface area contributed by atoms with Crippen LogP contribution in [0, 0.1) is 0 Å². The van der Waals surface area contributed by atoms with E-state index in [2.05, 4.69) is 16.6 Å². The number of fused-ring (bicyclic) bond motifs is 1. The molecule has 2 rings (SSSR count). The molecule has 0 aliphatic carbocycles. The van der Waals surface area contributed by atoms with Gasteiger partial charge in [-0.05, 0) is 35.9 Å². The van der Waals surface area contributed by atoms with Crippen LogP contribution < -0.4 is 10.1 Å². The second-order valence-corrected chi connectivity index (χ2v) is 4.65. The zero-order valence-corrected chi connectivity index (χ0v) is 10.9. The van der Waals surface area contributed by atoms with Crippen LogP contribution in [0.5, 0.6) is 5.75 Å². The lowest BCUT2D eigenvalue weighted by molar-refractivity contribution is 0.415. The quantitative estimate of drug-likeness (QED) is 0.825. The Bertz CT molecular complexity index is 502. The molecule has 0 aliphatic heterocycles. The molecule has 0 fully saturated rings. The van der Waals surface area contributed by atoms with Crippen LogP contribution in [0.1, 0.15) is 0 Å². The highest BCUT2D eigenvalue weighted by Gasteiger charge is 2.02. The molecule has 1 heterocycles. The smallest absolute Gasteiger partial charge is 0.133 e. The molecule has 0 unspecified atom stereocenters. The number of rotatable bonds is 5. The highest BCUT2D eigenvalue weighted by Crippen LogP contribution is 2.25. The number of aromatic nitrogens is 1. The number of pyridine rings is 1. The maximum absolute atomic E-state index is 5.22. The summed E-state index contributed by atoms with van der Waals surface area (Å²) < 4.78 is 5.22. The standard InChI is InChI=1S/C13H16N2OS/c1-16-11-3-4-12-10(9-11)5-6-14-13(12)15-7-8-17-2/h3-6,9H,7-8H2,1-2H3,(H,14,15). The second-order valence-electron chi connectivity index (χ2n) is 3.67. The summed E-state index contributed by atoms with van der Waals surface area (Å²) in [5.41, 5.74) is 0. The van der Waals surface area contributed by atoms with Crippen LogP contribution in [-0.4, -0.2) is 30.6 Å². The first kappa shape index (κ1) is 12.0. The number of nitrogens with one attached hydrogen (secondary N) is 1. The van der Waals surface area contributed by atoms with Crippen LogP contribution in [0.4, 0.5) is 5.82 Å². The van der Waals surface area contributed by atoms with Gasteiger partial charge in [0.1, 0.15) is 11.6 Å². The Kier molecular flexibility index (Phi) is 4.09. The Labute approximate surface area is 106 Å². The molecule has 0 aliphatic rings. The van der Waals surface area contributed by atoms with Crippen LogP contribution in [0.25, 0.3) is 10.8 Å². The van der Waals surface area contributed by atoms with Crippen molar-refractivity contribution in [3.63, 3.8) is 0 Å². The molecule has 0 atom stereocenters. The van der Waals surface area contributed by atoms with Gasteiger partial charge in [0.05, 0.1) is 7.11 Å². The van der Waals surface area contributed by atoms with Gasteiger partial charge in [-0.2, -0.15) is 11.8 Å². The zero-order valence-electron chi connectivity index (χ0n) is 10.1. The molecule has 4 heteroatoms. The largest absolute Gasteiger partial charge is 0.497 e. The molecule has 2 aromatic rings. The Hall–Kier alpha value is -1.42. The van der Waals surface area contributed by atoms with Crippen LogP contribution in [-0.2, 0) is 0 Å². The lowest BCUT2D eigenvalue weighted by atomic mass is 10.1. The summed E-state index contributed by atoms with van der Waals surface area (Å²) >= 11 is 1.82. The minimum Gasteiger partial charge on any atom is -0.497 e. The molecule has 0 amide bonds. The minimum atomic E-state index is 0.874. The van der Waals surface area contributed by atoms with Crippen molar-refractivity contribution in [2.75, 3.05) is 31.0 Å². The first-order valence-electron chi connectivity index (χ1n) is 5.50. The summed E-state index contributed by atoms with van der Waals surface area (Å²) in [6, 6.07) is 8.03. The topological polar surface area (TPSA) is 34.1 Å². The number of ether oxygens (including phenoxy) is 1. The van der Waals surface area contributed by atoms with E-state index in [9.17, 15) is 0 Å². The third-order valence-electron chi connectivity index (χ3n) is 2.57. The molecular formula is C13H16N2OS. The summed E-state index contributed by atoms with van der Waals surface area (Å²) in [6.45, 7) is 0.930. The van der Waals surface area contributed by atoms with Gasteiger partial charge in [0.25, 0.3) is 0 Å². The molecule has 1 N–H and O–H groups in total. The van der Waals surface area contributed by atoms with Gasteiger partial charge in [-0.3, -0.25) is 0 Å². The van der Waals surface area contributed by atoms with E-state index in [0.717, 1.165) is 34.6 Å². The maximum atomic E-state index is 5.22. The van der Waals surface area contributed by atoms with Crippen molar-refractivity contribution < 1.29 is 4.74 Å². The fraction of sp³-hybridized carbons (Fsp3) is 0.308. The van der Waals surface area contributed by atoms with Crippen molar-refractivity contribution in [3.8, 4) is 5.75 Å². The molecule has 0 spiro atoms. The van der Waals surface area contributed by atoms with E-state index >= 15 is 0 Å². The Morgan fingerprint density at radius 3 is 3.00 bits per heavy atom. The van der Waals surface area contributed by atoms with E-state index in [-0.39, 0.29) is 0 Å². The molecule has 0 saturated heterocycles. The van der Waals surface area contributed by atoms with Crippen molar-refractivity contribution in [2.45, 2.75) is 0 Å². The average molecular weight is 248 g/mol. The normalized spacial score (nSPS) is 10.5. The molecule has 90 valence electrons. The van der Waals surface area contributed by atoms with Gasteiger partial charge in [-0.25, -0.2) is 4.98 Å². The molecule has 0 saturated carbocycles. The van der Waals surface area contributed by atoms with E-state index in [1.165, 1.54) is 0 Å². The van der Waals surface area contributed by atoms with Gasteiger partial charge in [-0.1, -0.05) is 0 Å². The minimum absolute atomic E-state index is 0.874. The lowest BCUT2D eigenvalue weighted by Gasteiger charge is -2.09. The number of methoxy groups -OCH3 is 1. The van der Waals surface area contributed by atoms with Gasteiger partial charge < -0.3 is 10.1 Å². The zero-order chi connectivity index (χ0) is 12.1. The van der Waals surface area contributed by atoms with Gasteiger partial charge >= 0.3 is 0 Å². The monoisotopic (exact) mass is 248 g/mol. The maximum Gasteiger partial charge on any atom is 0.133 e. The number of hydrogen-bond donors (Lipinski definition) is 1. The summed E-state index contributed by atoms with van der Waals surface area (Å²) in [5, 5.41) is 5.63. The number of hydrogen-bond acceptors (Lipinski definition) is 4. The molecular weight excluding hydrogens is 232 g/mol. The van der Waals surface area contributed by atoms with Gasteiger partial charge in [0.15, 0.2) is 0 Å². The molecule has 0 bridgehead atoms. The van der Waals surface area contributed by atoms with E-state index in [0.29, 0.717) is 0 Å². The Balaban J connectivity index is 2.30.